The van der Waals surface area contributed by atoms with Crippen LogP contribution in [-0.2, 0) is 19.1 Å². The number of hydrogen-bond donors (Lipinski definition) is 8. The first-order valence-electron chi connectivity index (χ1n) is 17.4. The first-order valence-corrected chi connectivity index (χ1v) is 18.5. The van der Waals surface area contributed by atoms with Crippen molar-refractivity contribution in [2.75, 3.05) is 41.6 Å². The molecule has 5 heterocycles. The fraction of sp³-hybridized carbons (Fsp3) is 0.742. The lowest BCUT2D eigenvalue weighted by Crippen LogP contribution is -2.45. The third-order valence-electron chi connectivity index (χ3n) is 9.17. The summed E-state index contributed by atoms with van der Waals surface area (Å²) in [6.07, 6.45) is 12.0. The van der Waals surface area contributed by atoms with E-state index in [0.717, 1.165) is 76.4 Å². The Hall–Kier alpha value is -3.57. The summed E-state index contributed by atoms with van der Waals surface area (Å²) < 4.78 is 6.11. The molecule has 1 aromatic rings. The number of nitrogen functional groups attached to an aromatic ring is 1. The summed E-state index contributed by atoms with van der Waals surface area (Å²) in [5.74, 6) is 2.09. The number of nitrogens with two attached hydrogens (primary N) is 1. The Kier molecular flexibility index (Phi) is 13.6. The summed E-state index contributed by atoms with van der Waals surface area (Å²) in [5.41, 5.74) is 12.5. The summed E-state index contributed by atoms with van der Waals surface area (Å²) in [4.78, 5) is 56.3. The summed E-state index contributed by atoms with van der Waals surface area (Å²) in [7, 11) is 0. The molecule has 1 aromatic heterocycles. The van der Waals surface area contributed by atoms with Gasteiger partial charge in [-0.15, -0.1) is 5.53 Å². The highest BCUT2D eigenvalue weighted by atomic mass is 32.2. The zero-order valence-corrected chi connectivity index (χ0v) is 28.4. The molecule has 0 spiro atoms. The maximum Gasteiger partial charge on any atom is 0.315 e. The second kappa shape index (κ2) is 18.3. The van der Waals surface area contributed by atoms with E-state index in [2.05, 4.69) is 47.5 Å². The monoisotopic (exact) mass is 689 g/mol. The molecule has 1 unspecified atom stereocenters. The van der Waals surface area contributed by atoms with Gasteiger partial charge in [0.2, 0.25) is 17.7 Å². The molecule has 0 aromatic carbocycles. The van der Waals surface area contributed by atoms with Crippen LogP contribution in [0.15, 0.2) is 6.33 Å². The predicted molar refractivity (Wildman–Crippen MR) is 183 cm³/mol. The van der Waals surface area contributed by atoms with Crippen molar-refractivity contribution in [3.63, 3.8) is 0 Å². The number of carbonyl (C=O) groups is 4. The molecule has 266 valence electrons. The molecule has 48 heavy (non-hydrogen) atoms. The Morgan fingerprint density at radius 2 is 1.58 bits per heavy atom. The highest BCUT2D eigenvalue weighted by Gasteiger charge is 2.42. The number of carbonyl (C=O) groups excluding carboxylic acids is 4. The van der Waals surface area contributed by atoms with Crippen LogP contribution in [0.2, 0.25) is 0 Å². The van der Waals surface area contributed by atoms with Crippen LogP contribution >= 0.6 is 11.8 Å². The van der Waals surface area contributed by atoms with E-state index < -0.39 is 0 Å². The molecule has 4 aliphatic heterocycles. The average molecular weight is 690 g/mol. The van der Waals surface area contributed by atoms with Gasteiger partial charge in [-0.05, 0) is 51.4 Å². The topological polar surface area (TPSA) is 217 Å². The molecule has 0 bridgehead atoms. The van der Waals surface area contributed by atoms with Crippen molar-refractivity contribution in [2.24, 2.45) is 0 Å². The molecule has 5 amide bonds. The predicted octanol–water partition coefficient (Wildman–Crippen LogP) is 1.41. The molecule has 9 N–H and O–H groups in total. The Bertz CT molecular complexity index is 1260. The molecule has 4 aliphatic rings. The van der Waals surface area contributed by atoms with Crippen molar-refractivity contribution < 1.29 is 23.9 Å². The fourth-order valence-corrected chi connectivity index (χ4v) is 8.04. The molecular weight excluding hydrogens is 638 g/mol. The number of aromatic nitrogens is 2. The lowest BCUT2D eigenvalue weighted by molar-refractivity contribution is -0.122. The van der Waals surface area contributed by atoms with Crippen molar-refractivity contribution in [1.29, 1.82) is 0 Å². The van der Waals surface area contributed by atoms with E-state index in [1.54, 1.807) is 5.01 Å². The number of anilines is 3. The number of hydrogen-bond acceptors (Lipinski definition) is 12. The van der Waals surface area contributed by atoms with Gasteiger partial charge in [-0.3, -0.25) is 19.8 Å². The van der Waals surface area contributed by atoms with Gasteiger partial charge in [-0.1, -0.05) is 19.3 Å². The first kappa shape index (κ1) is 35.7. The molecule has 16 nitrogen and oxygen atoms in total. The van der Waals surface area contributed by atoms with Crippen LogP contribution in [-0.4, -0.2) is 88.8 Å². The third-order valence-corrected chi connectivity index (χ3v) is 10.7. The summed E-state index contributed by atoms with van der Waals surface area (Å²) in [6, 6.07) is 0.401. The van der Waals surface area contributed by atoms with Crippen LogP contribution in [0.4, 0.5) is 22.1 Å². The Morgan fingerprint density at radius 1 is 0.896 bits per heavy atom. The third kappa shape index (κ3) is 10.5. The van der Waals surface area contributed by atoms with Gasteiger partial charge in [0, 0.05) is 49.9 Å². The standard InChI is InChI=1S/C31H51N11O5S/c32-29-28-30(37-19-36-29)42(41-40-28)26-14-13-20(47-26)17-35-25(45)11-4-2-8-15-33-23(43)10-3-1-7-16-34-24(44)12-6-5-9-22-27-21(18-48-22)38-31(46)39-27/h19-22,26-27,40-41H,1-18H2,(H,33,43)(H,34,44)(H,35,45)(H2,32,36,37)(H2,38,39,46)/t20-,21-,22-,26?,27-/m0/s1. The van der Waals surface area contributed by atoms with E-state index in [9.17, 15) is 19.2 Å². The Balaban J connectivity index is 0.782. The SMILES string of the molecule is Nc1ncnc2c1NNN2C1CC[C@@H](CNC(=O)CCCCCNC(=O)CCCCCNC(=O)CCCC[C@@H]2SC[C@@H]3NC(=O)N[C@@H]32)O1. The molecule has 5 atom stereocenters. The number of urea groups is 1. The van der Waals surface area contributed by atoms with E-state index in [-0.39, 0.29) is 48.2 Å². The molecule has 0 aliphatic carbocycles. The van der Waals surface area contributed by atoms with E-state index in [4.69, 9.17) is 10.5 Å². The Labute approximate surface area is 285 Å². The van der Waals surface area contributed by atoms with E-state index in [1.807, 2.05) is 11.8 Å². The minimum Gasteiger partial charge on any atom is -0.382 e. The van der Waals surface area contributed by atoms with Gasteiger partial charge in [-0.25, -0.2) is 19.8 Å². The maximum absolute atomic E-state index is 12.3. The molecule has 3 fully saturated rings. The smallest absolute Gasteiger partial charge is 0.315 e. The van der Waals surface area contributed by atoms with Gasteiger partial charge in [0.05, 0.1) is 18.2 Å². The molecule has 0 radical (unpaired) electrons. The highest BCUT2D eigenvalue weighted by molar-refractivity contribution is 8.00. The number of amides is 5. The second-order valence-corrected chi connectivity index (χ2v) is 14.1. The van der Waals surface area contributed by atoms with Gasteiger partial charge in [0.1, 0.15) is 18.2 Å². The number of rotatable bonds is 20. The summed E-state index contributed by atoms with van der Waals surface area (Å²) in [5, 5.41) is 17.1. The van der Waals surface area contributed by atoms with Gasteiger partial charge in [0.25, 0.3) is 0 Å². The summed E-state index contributed by atoms with van der Waals surface area (Å²) in [6.45, 7) is 1.70. The van der Waals surface area contributed by atoms with Crippen LogP contribution in [0.25, 0.3) is 0 Å². The van der Waals surface area contributed by atoms with Gasteiger partial charge in [0.15, 0.2) is 11.6 Å². The average Bonchev–Trinajstić information content (AvgIpc) is 3.86. The minimum atomic E-state index is -0.225. The zero-order valence-electron chi connectivity index (χ0n) is 27.6. The molecule has 5 rings (SSSR count). The maximum atomic E-state index is 12.3. The number of thioether (sulfide) groups is 1. The molecule has 0 saturated carbocycles. The number of nitrogens with one attached hydrogen (secondary N) is 7. The van der Waals surface area contributed by atoms with Gasteiger partial charge in [-0.2, -0.15) is 11.8 Å². The molecular formula is C31H51N11O5S. The van der Waals surface area contributed by atoms with Crippen molar-refractivity contribution in [2.45, 2.75) is 120 Å². The number of hydrazine groups is 2. The van der Waals surface area contributed by atoms with Crippen LogP contribution in [0, 0.1) is 0 Å². The van der Waals surface area contributed by atoms with Crippen LogP contribution < -0.4 is 48.3 Å². The van der Waals surface area contributed by atoms with E-state index in [1.165, 1.54) is 6.33 Å². The van der Waals surface area contributed by atoms with E-state index in [0.29, 0.717) is 61.5 Å². The van der Waals surface area contributed by atoms with Crippen LogP contribution in [0.1, 0.15) is 89.9 Å². The van der Waals surface area contributed by atoms with Crippen LogP contribution in [0.3, 0.4) is 0 Å². The van der Waals surface area contributed by atoms with Crippen molar-refractivity contribution >= 4 is 52.8 Å². The Morgan fingerprint density at radius 3 is 2.31 bits per heavy atom. The quantitative estimate of drug-likeness (QED) is 0.0721. The first-order chi connectivity index (χ1) is 23.4. The number of unbranched alkanes of at least 4 members (excludes halogenated alkanes) is 5. The zero-order chi connectivity index (χ0) is 33.7. The second-order valence-electron chi connectivity index (χ2n) is 12.8. The van der Waals surface area contributed by atoms with Gasteiger partial charge < -0.3 is 37.1 Å². The number of fused-ring (bicyclic) bond motifs is 2. The lowest BCUT2D eigenvalue weighted by atomic mass is 10.0. The van der Waals surface area contributed by atoms with Crippen molar-refractivity contribution in [3.05, 3.63) is 6.33 Å². The summed E-state index contributed by atoms with van der Waals surface area (Å²) >= 11 is 1.90. The molecule has 17 heteroatoms. The minimum absolute atomic E-state index is 0.00446. The van der Waals surface area contributed by atoms with Crippen molar-refractivity contribution in [1.82, 2.24) is 42.1 Å². The number of nitrogens with zero attached hydrogens (tertiary/aromatic N) is 3. The lowest BCUT2D eigenvalue weighted by Gasteiger charge is -2.24. The van der Waals surface area contributed by atoms with E-state index >= 15 is 0 Å². The fourth-order valence-electron chi connectivity index (χ4n) is 6.49. The highest BCUT2D eigenvalue weighted by Crippen LogP contribution is 2.35. The van der Waals surface area contributed by atoms with Crippen molar-refractivity contribution in [3.8, 4) is 0 Å². The molecule has 3 saturated heterocycles. The van der Waals surface area contributed by atoms with Crippen LogP contribution in [0.5, 0.6) is 0 Å². The number of ether oxygens (including phenoxy) is 1. The largest absolute Gasteiger partial charge is 0.382 e. The van der Waals surface area contributed by atoms with Gasteiger partial charge >= 0.3 is 6.03 Å². The normalized spacial score (nSPS) is 24.0.